The monoisotopic (exact) mass is 313 g/mol. The Morgan fingerprint density at radius 1 is 1.17 bits per heavy atom. The molecule has 0 aromatic carbocycles. The second-order valence-corrected chi connectivity index (χ2v) is 5.61. The average molecular weight is 313 g/mol. The van der Waals surface area contributed by atoms with E-state index in [-0.39, 0.29) is 23.8 Å². The van der Waals surface area contributed by atoms with Gasteiger partial charge in [-0.2, -0.15) is 0 Å². The number of nitrogens with zero attached hydrogens (tertiary/aromatic N) is 4. The highest BCUT2D eigenvalue weighted by atomic mass is 16.5. The van der Waals surface area contributed by atoms with Crippen LogP contribution in [-0.4, -0.2) is 46.2 Å². The van der Waals surface area contributed by atoms with Gasteiger partial charge in [-0.25, -0.2) is 9.97 Å². The Balaban J connectivity index is 1.66. The van der Waals surface area contributed by atoms with Crippen molar-refractivity contribution in [3.63, 3.8) is 0 Å². The quantitative estimate of drug-likeness (QED) is 0.929. The van der Waals surface area contributed by atoms with E-state index in [9.17, 15) is 4.79 Å². The Bertz CT molecular complexity index is 652. The van der Waals surface area contributed by atoms with Gasteiger partial charge < -0.3 is 15.0 Å². The first-order valence-corrected chi connectivity index (χ1v) is 7.55. The van der Waals surface area contributed by atoms with Crippen LogP contribution in [0.15, 0.2) is 36.9 Å². The molecule has 2 aromatic rings. The van der Waals surface area contributed by atoms with Crippen molar-refractivity contribution in [3.8, 4) is 0 Å². The van der Waals surface area contributed by atoms with Crippen LogP contribution in [0.5, 0.6) is 0 Å². The molecule has 23 heavy (non-hydrogen) atoms. The number of hydrogen-bond donors (Lipinski definition) is 1. The lowest BCUT2D eigenvalue weighted by molar-refractivity contribution is -0.00545. The number of ether oxygens (including phenoxy) is 1. The largest absolute Gasteiger partial charge is 0.372 e. The highest BCUT2D eigenvalue weighted by molar-refractivity contribution is 6.02. The molecule has 1 N–H and O–H groups in total. The van der Waals surface area contributed by atoms with E-state index in [1.54, 1.807) is 6.20 Å². The summed E-state index contributed by atoms with van der Waals surface area (Å²) in [5.74, 6) is 0.575. The summed E-state index contributed by atoms with van der Waals surface area (Å²) >= 11 is 0. The summed E-state index contributed by atoms with van der Waals surface area (Å²) in [7, 11) is 0. The molecule has 120 valence electrons. The van der Waals surface area contributed by atoms with Crippen LogP contribution in [-0.2, 0) is 4.74 Å². The number of amides is 1. The maximum atomic E-state index is 12.0. The minimum Gasteiger partial charge on any atom is -0.372 e. The molecule has 7 heteroatoms. The van der Waals surface area contributed by atoms with Crippen LogP contribution in [0.3, 0.4) is 0 Å². The van der Waals surface area contributed by atoms with Gasteiger partial charge in [0.2, 0.25) is 0 Å². The second kappa shape index (κ2) is 6.70. The van der Waals surface area contributed by atoms with Crippen molar-refractivity contribution >= 4 is 17.4 Å². The number of pyridine rings is 1. The van der Waals surface area contributed by atoms with Crippen molar-refractivity contribution in [2.75, 3.05) is 23.3 Å². The number of aromatic nitrogens is 3. The van der Waals surface area contributed by atoms with E-state index in [0.717, 1.165) is 18.9 Å². The van der Waals surface area contributed by atoms with Crippen LogP contribution in [0.25, 0.3) is 0 Å². The molecule has 0 bridgehead atoms. The number of hydrogen-bond acceptors (Lipinski definition) is 6. The number of carbonyl (C=O) groups is 1. The lowest BCUT2D eigenvalue weighted by Gasteiger charge is -2.36. The average Bonchev–Trinajstić information content (AvgIpc) is 2.55. The minimum atomic E-state index is -0.304. The molecule has 2 unspecified atom stereocenters. The van der Waals surface area contributed by atoms with E-state index in [1.165, 1.54) is 18.6 Å². The summed E-state index contributed by atoms with van der Waals surface area (Å²) in [6.07, 6.45) is 6.43. The SMILES string of the molecule is CC1CN(c2ccc(NC(=O)c3cnccn3)cn2)CC(C)O1. The number of rotatable bonds is 3. The fraction of sp³-hybridized carbons (Fsp3) is 0.375. The van der Waals surface area contributed by atoms with Crippen LogP contribution in [0.4, 0.5) is 11.5 Å². The van der Waals surface area contributed by atoms with Gasteiger partial charge in [-0.3, -0.25) is 9.78 Å². The van der Waals surface area contributed by atoms with Gasteiger partial charge in [0.15, 0.2) is 0 Å². The first kappa shape index (κ1) is 15.4. The fourth-order valence-electron chi connectivity index (χ4n) is 2.62. The van der Waals surface area contributed by atoms with Crippen molar-refractivity contribution in [2.45, 2.75) is 26.1 Å². The third kappa shape index (κ3) is 3.81. The Morgan fingerprint density at radius 2 is 1.96 bits per heavy atom. The predicted molar refractivity (Wildman–Crippen MR) is 86.4 cm³/mol. The molecule has 3 rings (SSSR count). The summed E-state index contributed by atoms with van der Waals surface area (Å²) in [6, 6.07) is 3.73. The zero-order valence-electron chi connectivity index (χ0n) is 13.1. The van der Waals surface area contributed by atoms with Crippen LogP contribution >= 0.6 is 0 Å². The molecule has 1 aliphatic heterocycles. The van der Waals surface area contributed by atoms with Gasteiger partial charge in [0, 0.05) is 25.5 Å². The van der Waals surface area contributed by atoms with Crippen LogP contribution < -0.4 is 10.2 Å². The van der Waals surface area contributed by atoms with Gasteiger partial charge in [-0.1, -0.05) is 0 Å². The normalized spacial score (nSPS) is 21.0. The summed E-state index contributed by atoms with van der Waals surface area (Å²) < 4.78 is 5.72. The van der Waals surface area contributed by atoms with Gasteiger partial charge >= 0.3 is 0 Å². The van der Waals surface area contributed by atoms with Crippen molar-refractivity contribution in [2.24, 2.45) is 0 Å². The molecule has 2 aromatic heterocycles. The minimum absolute atomic E-state index is 0.177. The molecule has 1 aliphatic rings. The van der Waals surface area contributed by atoms with Gasteiger partial charge in [0.1, 0.15) is 11.5 Å². The molecular formula is C16H19N5O2. The molecule has 0 radical (unpaired) electrons. The molecule has 1 fully saturated rings. The molecular weight excluding hydrogens is 294 g/mol. The first-order valence-electron chi connectivity index (χ1n) is 7.55. The summed E-state index contributed by atoms with van der Waals surface area (Å²) in [4.78, 5) is 26.5. The van der Waals surface area contributed by atoms with E-state index < -0.39 is 0 Å². The highest BCUT2D eigenvalue weighted by Crippen LogP contribution is 2.19. The Kier molecular flexibility index (Phi) is 4.47. The van der Waals surface area contributed by atoms with Gasteiger partial charge in [-0.15, -0.1) is 0 Å². The van der Waals surface area contributed by atoms with Crippen LogP contribution in [0.2, 0.25) is 0 Å². The molecule has 1 saturated heterocycles. The second-order valence-electron chi connectivity index (χ2n) is 5.61. The Morgan fingerprint density at radius 3 is 2.57 bits per heavy atom. The molecule has 0 saturated carbocycles. The lowest BCUT2D eigenvalue weighted by atomic mass is 10.2. The molecule has 2 atom stereocenters. The molecule has 0 aliphatic carbocycles. The van der Waals surface area contributed by atoms with Crippen molar-refractivity contribution < 1.29 is 9.53 Å². The van der Waals surface area contributed by atoms with E-state index >= 15 is 0 Å². The van der Waals surface area contributed by atoms with E-state index in [0.29, 0.717) is 5.69 Å². The van der Waals surface area contributed by atoms with Crippen LogP contribution in [0, 0.1) is 0 Å². The maximum absolute atomic E-state index is 12.0. The van der Waals surface area contributed by atoms with Crippen molar-refractivity contribution in [3.05, 3.63) is 42.6 Å². The Labute approximate surface area is 134 Å². The maximum Gasteiger partial charge on any atom is 0.275 e. The first-order chi connectivity index (χ1) is 11.1. The molecule has 3 heterocycles. The third-order valence-corrected chi connectivity index (χ3v) is 3.55. The van der Waals surface area contributed by atoms with Gasteiger partial charge in [0.05, 0.1) is 30.3 Å². The summed E-state index contributed by atoms with van der Waals surface area (Å²) in [5.41, 5.74) is 0.895. The molecule has 1 amide bonds. The Hall–Kier alpha value is -2.54. The predicted octanol–water partition coefficient (Wildman–Crippen LogP) is 1.74. The summed E-state index contributed by atoms with van der Waals surface area (Å²) in [5, 5.41) is 2.76. The standard InChI is InChI=1S/C16H19N5O2/c1-11-9-21(10-12(2)23-11)15-4-3-13(7-19-15)20-16(22)14-8-17-5-6-18-14/h3-8,11-12H,9-10H2,1-2H3,(H,20,22). The lowest BCUT2D eigenvalue weighted by Crippen LogP contribution is -2.45. The van der Waals surface area contributed by atoms with Crippen molar-refractivity contribution in [1.82, 2.24) is 15.0 Å². The molecule has 7 nitrogen and oxygen atoms in total. The zero-order chi connectivity index (χ0) is 16.2. The van der Waals surface area contributed by atoms with Gasteiger partial charge in [-0.05, 0) is 26.0 Å². The number of nitrogens with one attached hydrogen (secondary N) is 1. The highest BCUT2D eigenvalue weighted by Gasteiger charge is 2.23. The van der Waals surface area contributed by atoms with E-state index in [4.69, 9.17) is 4.74 Å². The van der Waals surface area contributed by atoms with E-state index in [2.05, 4.69) is 39.0 Å². The molecule has 0 spiro atoms. The number of anilines is 2. The third-order valence-electron chi connectivity index (χ3n) is 3.55. The fourth-order valence-corrected chi connectivity index (χ4v) is 2.62. The van der Waals surface area contributed by atoms with Crippen LogP contribution in [0.1, 0.15) is 24.3 Å². The topological polar surface area (TPSA) is 80.2 Å². The van der Waals surface area contributed by atoms with Crippen molar-refractivity contribution in [1.29, 1.82) is 0 Å². The zero-order valence-corrected chi connectivity index (χ0v) is 13.1. The summed E-state index contributed by atoms with van der Waals surface area (Å²) in [6.45, 7) is 5.72. The van der Waals surface area contributed by atoms with Gasteiger partial charge in [0.25, 0.3) is 5.91 Å². The van der Waals surface area contributed by atoms with E-state index in [1.807, 2.05) is 12.1 Å². The number of carbonyl (C=O) groups excluding carboxylic acids is 1. The number of morpholine rings is 1. The smallest absolute Gasteiger partial charge is 0.275 e.